The molecule has 1 saturated heterocycles. The van der Waals surface area contributed by atoms with Crippen LogP contribution in [-0.2, 0) is 6.54 Å². The summed E-state index contributed by atoms with van der Waals surface area (Å²) in [5, 5.41) is 5.10. The fourth-order valence-electron chi connectivity index (χ4n) is 3.53. The molecule has 118 valence electrons. The van der Waals surface area contributed by atoms with Crippen molar-refractivity contribution in [3.63, 3.8) is 0 Å². The van der Waals surface area contributed by atoms with E-state index in [1.54, 1.807) is 0 Å². The van der Waals surface area contributed by atoms with E-state index in [0.717, 1.165) is 25.6 Å². The molecule has 1 aliphatic heterocycles. The SMILES string of the molecule is Cc1nc(CN2CC(C(C)C)NCC2(C)C2CC2)sc1C. The van der Waals surface area contributed by atoms with Crippen molar-refractivity contribution in [3.05, 3.63) is 15.6 Å². The van der Waals surface area contributed by atoms with Gasteiger partial charge in [0.25, 0.3) is 0 Å². The second-order valence-electron chi connectivity index (χ2n) is 7.49. The average Bonchev–Trinajstić information content (AvgIpc) is 3.21. The molecule has 1 aliphatic carbocycles. The topological polar surface area (TPSA) is 28.2 Å². The van der Waals surface area contributed by atoms with E-state index in [2.05, 4.69) is 44.8 Å². The highest BCUT2D eigenvalue weighted by atomic mass is 32.1. The molecule has 0 radical (unpaired) electrons. The molecule has 2 aliphatic rings. The highest BCUT2D eigenvalue weighted by Gasteiger charge is 2.48. The number of hydrogen-bond donors (Lipinski definition) is 1. The van der Waals surface area contributed by atoms with Crippen molar-refractivity contribution in [1.29, 1.82) is 0 Å². The van der Waals surface area contributed by atoms with Gasteiger partial charge in [-0.15, -0.1) is 11.3 Å². The standard InChI is InChI=1S/C17H29N3S/c1-11(2)15-8-20(9-16-19-12(3)13(4)21-16)17(5,10-18-15)14-6-7-14/h11,14-15,18H,6-10H2,1-5H3. The van der Waals surface area contributed by atoms with Crippen LogP contribution in [-0.4, -0.2) is 34.6 Å². The maximum absolute atomic E-state index is 4.78. The van der Waals surface area contributed by atoms with Crippen LogP contribution in [0.5, 0.6) is 0 Å². The number of rotatable bonds is 4. The maximum Gasteiger partial charge on any atom is 0.107 e. The molecule has 2 fully saturated rings. The first kappa shape index (κ1) is 15.4. The van der Waals surface area contributed by atoms with Crippen LogP contribution in [0.15, 0.2) is 0 Å². The summed E-state index contributed by atoms with van der Waals surface area (Å²) in [5.41, 5.74) is 1.53. The van der Waals surface area contributed by atoms with E-state index in [-0.39, 0.29) is 0 Å². The van der Waals surface area contributed by atoms with Crippen molar-refractivity contribution in [2.45, 2.75) is 65.6 Å². The van der Waals surface area contributed by atoms with Crippen molar-refractivity contribution < 1.29 is 0 Å². The summed E-state index contributed by atoms with van der Waals surface area (Å²) in [7, 11) is 0. The smallest absolute Gasteiger partial charge is 0.107 e. The number of nitrogens with one attached hydrogen (secondary N) is 1. The van der Waals surface area contributed by atoms with Crippen molar-refractivity contribution in [2.24, 2.45) is 11.8 Å². The molecule has 0 bridgehead atoms. The monoisotopic (exact) mass is 307 g/mol. The minimum absolute atomic E-state index is 0.318. The predicted octanol–water partition coefficient (Wildman–Crippen LogP) is 3.36. The van der Waals surface area contributed by atoms with E-state index in [0.29, 0.717) is 17.5 Å². The molecule has 2 atom stereocenters. The number of nitrogens with zero attached hydrogens (tertiary/aromatic N) is 2. The van der Waals surface area contributed by atoms with Crippen molar-refractivity contribution in [2.75, 3.05) is 13.1 Å². The predicted molar refractivity (Wildman–Crippen MR) is 89.8 cm³/mol. The van der Waals surface area contributed by atoms with Gasteiger partial charge < -0.3 is 5.32 Å². The van der Waals surface area contributed by atoms with Gasteiger partial charge in [-0.1, -0.05) is 13.8 Å². The molecular weight excluding hydrogens is 278 g/mol. The van der Waals surface area contributed by atoms with Crippen molar-refractivity contribution in [1.82, 2.24) is 15.2 Å². The zero-order chi connectivity index (χ0) is 15.2. The second kappa shape index (κ2) is 5.64. The Labute approximate surface area is 133 Å². The zero-order valence-corrected chi connectivity index (χ0v) is 14.9. The third-order valence-corrected chi connectivity index (χ3v) is 6.58. The van der Waals surface area contributed by atoms with Crippen LogP contribution in [0, 0.1) is 25.7 Å². The van der Waals surface area contributed by atoms with Crippen molar-refractivity contribution in [3.8, 4) is 0 Å². The lowest BCUT2D eigenvalue weighted by Crippen LogP contribution is -2.65. The Morgan fingerprint density at radius 3 is 2.62 bits per heavy atom. The number of hydrogen-bond acceptors (Lipinski definition) is 4. The van der Waals surface area contributed by atoms with Crippen molar-refractivity contribution >= 4 is 11.3 Å². The summed E-state index contributed by atoms with van der Waals surface area (Å²) < 4.78 is 0. The van der Waals surface area contributed by atoms with Gasteiger partial charge in [-0.3, -0.25) is 4.90 Å². The molecule has 4 heteroatoms. The van der Waals surface area contributed by atoms with E-state index >= 15 is 0 Å². The Kier molecular flexibility index (Phi) is 4.15. The lowest BCUT2D eigenvalue weighted by atomic mass is 9.87. The molecule has 1 N–H and O–H groups in total. The van der Waals surface area contributed by atoms with Gasteiger partial charge in [-0.2, -0.15) is 0 Å². The quantitative estimate of drug-likeness (QED) is 0.924. The summed E-state index contributed by atoms with van der Waals surface area (Å²) in [5.74, 6) is 1.57. The summed E-state index contributed by atoms with van der Waals surface area (Å²) in [6.07, 6.45) is 2.80. The number of aromatic nitrogens is 1. The minimum Gasteiger partial charge on any atom is -0.311 e. The molecule has 0 spiro atoms. The molecule has 0 aromatic carbocycles. The van der Waals surface area contributed by atoms with Crippen LogP contribution in [0.25, 0.3) is 0 Å². The van der Waals surface area contributed by atoms with E-state index in [1.165, 1.54) is 28.4 Å². The largest absolute Gasteiger partial charge is 0.311 e. The van der Waals surface area contributed by atoms with E-state index < -0.39 is 0 Å². The van der Waals surface area contributed by atoms with Crippen LogP contribution in [0.2, 0.25) is 0 Å². The first-order valence-corrected chi connectivity index (χ1v) is 9.13. The number of thiazole rings is 1. The van der Waals surface area contributed by atoms with Gasteiger partial charge in [0.1, 0.15) is 5.01 Å². The molecule has 2 unspecified atom stereocenters. The van der Waals surface area contributed by atoms with E-state index in [9.17, 15) is 0 Å². The highest BCUT2D eigenvalue weighted by molar-refractivity contribution is 7.11. The fraction of sp³-hybridized carbons (Fsp3) is 0.824. The lowest BCUT2D eigenvalue weighted by Gasteiger charge is -2.49. The molecule has 1 aromatic rings. The molecule has 2 heterocycles. The Balaban J connectivity index is 1.79. The van der Waals surface area contributed by atoms with Gasteiger partial charge in [0, 0.05) is 29.5 Å². The fourth-order valence-corrected chi connectivity index (χ4v) is 4.48. The van der Waals surface area contributed by atoms with Gasteiger partial charge in [-0.05, 0) is 45.4 Å². The summed E-state index contributed by atoms with van der Waals surface area (Å²) in [4.78, 5) is 8.87. The molecular formula is C17H29N3S. The number of piperazine rings is 1. The van der Waals surface area contributed by atoms with Gasteiger partial charge >= 0.3 is 0 Å². The van der Waals surface area contributed by atoms with Gasteiger partial charge in [0.05, 0.1) is 12.2 Å². The summed E-state index contributed by atoms with van der Waals surface area (Å²) >= 11 is 1.88. The highest BCUT2D eigenvalue weighted by Crippen LogP contribution is 2.45. The first-order valence-electron chi connectivity index (χ1n) is 8.31. The summed E-state index contributed by atoms with van der Waals surface area (Å²) in [6, 6.07) is 0.610. The van der Waals surface area contributed by atoms with Gasteiger partial charge in [0.15, 0.2) is 0 Å². The van der Waals surface area contributed by atoms with Crippen LogP contribution in [0.1, 0.15) is 49.2 Å². The Morgan fingerprint density at radius 2 is 2.10 bits per heavy atom. The van der Waals surface area contributed by atoms with Gasteiger partial charge in [-0.25, -0.2) is 4.98 Å². The Morgan fingerprint density at radius 1 is 1.38 bits per heavy atom. The Hall–Kier alpha value is -0.450. The second-order valence-corrected chi connectivity index (χ2v) is 8.78. The molecule has 1 saturated carbocycles. The normalized spacial score (nSPS) is 31.0. The maximum atomic E-state index is 4.78. The van der Waals surface area contributed by atoms with Gasteiger partial charge in [0.2, 0.25) is 0 Å². The lowest BCUT2D eigenvalue weighted by molar-refractivity contribution is 0.0186. The third-order valence-electron chi connectivity index (χ3n) is 5.52. The van der Waals surface area contributed by atoms with Crippen LogP contribution < -0.4 is 5.32 Å². The molecule has 21 heavy (non-hydrogen) atoms. The average molecular weight is 308 g/mol. The summed E-state index contributed by atoms with van der Waals surface area (Å²) in [6.45, 7) is 14.7. The van der Waals surface area contributed by atoms with Crippen LogP contribution in [0.4, 0.5) is 0 Å². The Bertz CT molecular complexity index is 487. The number of aryl methyl sites for hydroxylation is 2. The third kappa shape index (κ3) is 3.03. The van der Waals surface area contributed by atoms with Crippen LogP contribution in [0.3, 0.4) is 0 Å². The zero-order valence-electron chi connectivity index (χ0n) is 14.1. The molecule has 3 nitrogen and oxygen atoms in total. The molecule has 0 amide bonds. The van der Waals surface area contributed by atoms with E-state index in [1.807, 2.05) is 11.3 Å². The van der Waals surface area contributed by atoms with E-state index in [4.69, 9.17) is 4.98 Å². The first-order chi connectivity index (χ1) is 9.90. The van der Waals surface area contributed by atoms with Crippen LogP contribution >= 0.6 is 11.3 Å². The minimum atomic E-state index is 0.318. The molecule has 1 aromatic heterocycles. The molecule has 3 rings (SSSR count).